The predicted molar refractivity (Wildman–Crippen MR) is 36.3 cm³/mol. The van der Waals surface area contributed by atoms with Crippen molar-refractivity contribution in [3.63, 3.8) is 0 Å². The highest BCUT2D eigenvalue weighted by Crippen LogP contribution is 2.05. The van der Waals surface area contributed by atoms with E-state index in [1.54, 1.807) is 18.2 Å². The van der Waals surface area contributed by atoms with Gasteiger partial charge in [0.2, 0.25) is 0 Å². The molecule has 1 N–H and O–H groups in total. The van der Waals surface area contributed by atoms with Crippen LogP contribution in [0.2, 0.25) is 0 Å². The maximum Gasteiger partial charge on any atom is 0.294 e. The molecule has 54 valence electrons. The van der Waals surface area contributed by atoms with Crippen molar-refractivity contribution in [2.75, 3.05) is 0 Å². The summed E-state index contributed by atoms with van der Waals surface area (Å²) in [6.07, 6.45) is 0. The van der Waals surface area contributed by atoms with E-state index in [2.05, 4.69) is 0 Å². The maximum absolute atomic E-state index is 10.4. The highest BCUT2D eigenvalue weighted by Gasteiger charge is 2.05. The second kappa shape index (κ2) is 2.40. The largest absolute Gasteiger partial charge is 0.294 e. The number of rotatable bonds is 1. The molecule has 0 aliphatic rings. The lowest BCUT2D eigenvalue weighted by Gasteiger charge is -1.92. The SMILES string of the molecule is O=S(=O)(O)[13c]1[13cH][13cH][13cH][13cH][13cH]1. The van der Waals surface area contributed by atoms with E-state index < -0.39 is 10.1 Å². The van der Waals surface area contributed by atoms with Crippen molar-refractivity contribution in [3.05, 3.63) is 30.3 Å². The zero-order valence-electron chi connectivity index (χ0n) is 5.06. The van der Waals surface area contributed by atoms with Gasteiger partial charge in [-0.15, -0.1) is 0 Å². The summed E-state index contributed by atoms with van der Waals surface area (Å²) in [5.74, 6) is 0. The molecule has 1 aromatic rings. The summed E-state index contributed by atoms with van der Waals surface area (Å²) in [5, 5.41) is 0. The molecule has 1 rings (SSSR count). The number of benzene rings is 1. The second-order valence-corrected chi connectivity index (χ2v) is 3.21. The lowest BCUT2D eigenvalue weighted by atomic mass is 11.4. The Labute approximate surface area is 59.1 Å². The highest BCUT2D eigenvalue weighted by atomic mass is 32.2. The Hall–Kier alpha value is -0.870. The lowest BCUT2D eigenvalue weighted by Crippen LogP contribution is -1.96. The summed E-state index contributed by atoms with van der Waals surface area (Å²) in [4.78, 5) is -0.0741. The Balaban J connectivity index is 3.22. The standard InChI is InChI=1S/C6H6O3S/c7-10(8,9)6-4-2-1-3-5-6/h1-5H,(H,7,8,9)/i1+1,2+1,3+1,4+1,5+1,6+1. The average Bonchev–Trinajstić information content (AvgIpc) is 1.88. The van der Waals surface area contributed by atoms with Crippen molar-refractivity contribution in [1.29, 1.82) is 0 Å². The molecule has 0 heterocycles. The van der Waals surface area contributed by atoms with E-state index in [1.165, 1.54) is 12.1 Å². The molecule has 0 aliphatic carbocycles. The van der Waals surface area contributed by atoms with Crippen LogP contribution in [0.5, 0.6) is 0 Å². The fourth-order valence-corrected chi connectivity index (χ4v) is 1.09. The summed E-state index contributed by atoms with van der Waals surface area (Å²) in [7, 11) is -4.00. The van der Waals surface area contributed by atoms with Gasteiger partial charge >= 0.3 is 0 Å². The monoisotopic (exact) mass is 164 g/mol. The van der Waals surface area contributed by atoms with Crippen molar-refractivity contribution in [3.8, 4) is 0 Å². The third-order valence-corrected chi connectivity index (χ3v) is 1.91. The topological polar surface area (TPSA) is 54.4 Å². The van der Waals surface area contributed by atoms with Gasteiger partial charge in [0, 0.05) is 0 Å². The van der Waals surface area contributed by atoms with Crippen LogP contribution in [-0.2, 0) is 10.1 Å². The number of hydrogen-bond donors (Lipinski definition) is 1. The zero-order chi connectivity index (χ0) is 7.61. The van der Waals surface area contributed by atoms with E-state index in [0.717, 1.165) is 0 Å². The molecule has 0 saturated carbocycles. The van der Waals surface area contributed by atoms with Gasteiger partial charge in [0.1, 0.15) is 0 Å². The molecule has 0 amide bonds. The van der Waals surface area contributed by atoms with Crippen LogP contribution >= 0.6 is 0 Å². The van der Waals surface area contributed by atoms with Crippen LogP contribution in [0.15, 0.2) is 35.2 Å². The summed E-state index contributed by atoms with van der Waals surface area (Å²) >= 11 is 0. The first kappa shape index (κ1) is 7.24. The molecule has 10 heavy (non-hydrogen) atoms. The van der Waals surface area contributed by atoms with E-state index in [0.29, 0.717) is 0 Å². The molecule has 0 aromatic heterocycles. The second-order valence-electron chi connectivity index (χ2n) is 1.79. The van der Waals surface area contributed by atoms with Gasteiger partial charge in [-0.2, -0.15) is 8.42 Å². The van der Waals surface area contributed by atoms with Crippen LogP contribution in [0.1, 0.15) is 0 Å². The molecule has 4 heteroatoms. The summed E-state index contributed by atoms with van der Waals surface area (Å²) < 4.78 is 29.2. The van der Waals surface area contributed by atoms with E-state index in [9.17, 15) is 8.42 Å². The van der Waals surface area contributed by atoms with Gasteiger partial charge in [-0.05, 0) is 12.1 Å². The Morgan fingerprint density at radius 2 is 1.60 bits per heavy atom. The smallest absolute Gasteiger partial charge is 0.282 e. The molecule has 0 bridgehead atoms. The first-order valence-corrected chi connectivity index (χ1v) is 4.07. The normalized spacial score (nSPS) is 11.3. The molecule has 0 spiro atoms. The van der Waals surface area contributed by atoms with E-state index >= 15 is 0 Å². The zero-order valence-corrected chi connectivity index (χ0v) is 5.88. The van der Waals surface area contributed by atoms with Crippen LogP contribution < -0.4 is 0 Å². The fraction of sp³-hybridized carbons (Fsp3) is 0. The molecule has 3 nitrogen and oxygen atoms in total. The third-order valence-electron chi connectivity index (χ3n) is 1.04. The quantitative estimate of drug-likeness (QED) is 0.628. The molecule has 1 aromatic carbocycles. The Morgan fingerprint density at radius 3 is 1.90 bits per heavy atom. The molecular formula is C6H6O3S. The van der Waals surface area contributed by atoms with E-state index in [-0.39, 0.29) is 4.90 Å². The van der Waals surface area contributed by atoms with Crippen molar-refractivity contribution in [1.82, 2.24) is 0 Å². The van der Waals surface area contributed by atoms with Gasteiger partial charge in [0.25, 0.3) is 10.1 Å². The van der Waals surface area contributed by atoms with Crippen LogP contribution in [0.4, 0.5) is 0 Å². The molecule has 0 fully saturated rings. The van der Waals surface area contributed by atoms with Gasteiger partial charge in [-0.25, -0.2) is 0 Å². The first-order valence-electron chi connectivity index (χ1n) is 2.63. The van der Waals surface area contributed by atoms with Gasteiger partial charge in [-0.3, -0.25) is 4.55 Å². The molecular weight excluding hydrogens is 158 g/mol. The Morgan fingerprint density at radius 1 is 1.10 bits per heavy atom. The van der Waals surface area contributed by atoms with Crippen molar-refractivity contribution in [2.45, 2.75) is 4.90 Å². The van der Waals surface area contributed by atoms with Crippen LogP contribution in [0.3, 0.4) is 0 Å². The minimum Gasteiger partial charge on any atom is -0.282 e. The van der Waals surface area contributed by atoms with Crippen LogP contribution in [-0.4, -0.2) is 13.0 Å². The van der Waals surface area contributed by atoms with Crippen molar-refractivity contribution >= 4 is 10.1 Å². The average molecular weight is 164 g/mol. The lowest BCUT2D eigenvalue weighted by molar-refractivity contribution is 0.483. The first-order chi connectivity index (χ1) is 4.61. The van der Waals surface area contributed by atoms with Gasteiger partial charge < -0.3 is 0 Å². The summed E-state index contributed by atoms with van der Waals surface area (Å²) in [6, 6.07) is 7.42. The van der Waals surface area contributed by atoms with Crippen molar-refractivity contribution < 1.29 is 13.0 Å². The van der Waals surface area contributed by atoms with Gasteiger partial charge in [-0.1, -0.05) is 18.2 Å². The Kier molecular flexibility index (Phi) is 1.74. The number of hydrogen-bond acceptors (Lipinski definition) is 2. The minimum absolute atomic E-state index is 0.0741. The summed E-state index contributed by atoms with van der Waals surface area (Å²) in [6.45, 7) is 0. The van der Waals surface area contributed by atoms with Gasteiger partial charge in [0.15, 0.2) is 0 Å². The fourth-order valence-electron chi connectivity index (χ4n) is 0.592. The van der Waals surface area contributed by atoms with Crippen LogP contribution in [0, 0.1) is 0 Å². The van der Waals surface area contributed by atoms with Crippen molar-refractivity contribution in [2.24, 2.45) is 0 Å². The molecule has 0 aliphatic heterocycles. The summed E-state index contributed by atoms with van der Waals surface area (Å²) in [5.41, 5.74) is 0. The third kappa shape index (κ3) is 1.55. The molecule has 0 saturated heterocycles. The Bertz CT molecular complexity index is 301. The van der Waals surface area contributed by atoms with E-state index in [4.69, 9.17) is 4.55 Å². The highest BCUT2D eigenvalue weighted by molar-refractivity contribution is 7.85. The van der Waals surface area contributed by atoms with Gasteiger partial charge in [0.05, 0.1) is 4.90 Å². The van der Waals surface area contributed by atoms with E-state index in [1.807, 2.05) is 0 Å². The molecule has 0 unspecified atom stereocenters. The van der Waals surface area contributed by atoms with Crippen LogP contribution in [0.25, 0.3) is 0 Å². The minimum atomic E-state index is -4.00. The molecule has 0 radical (unpaired) electrons. The maximum atomic E-state index is 10.4. The predicted octanol–water partition coefficient (Wildman–Crippen LogP) is 0.933. The molecule has 0 atom stereocenters.